The molecule has 0 spiro atoms. The number of nitrogens with one attached hydrogen (secondary N) is 1. The largest absolute Gasteiger partial charge is 0.490 e. The van der Waals surface area contributed by atoms with Crippen LogP contribution >= 0.6 is 23.2 Å². The zero-order chi connectivity index (χ0) is 20.1. The third kappa shape index (κ3) is 4.78. The molecule has 1 N–H and O–H groups in total. The third-order valence-electron chi connectivity index (χ3n) is 4.36. The van der Waals surface area contributed by atoms with E-state index in [0.717, 1.165) is 12.8 Å². The van der Waals surface area contributed by atoms with Crippen LogP contribution < -0.4 is 10.1 Å². The molecular weight excluding hydrogens is 423 g/mol. The Morgan fingerprint density at radius 1 is 1.07 bits per heavy atom. The van der Waals surface area contributed by atoms with Gasteiger partial charge in [-0.25, -0.2) is 8.42 Å². The quantitative estimate of drug-likeness (QED) is 0.664. The van der Waals surface area contributed by atoms with E-state index in [-0.39, 0.29) is 28.6 Å². The first-order valence-electron chi connectivity index (χ1n) is 8.85. The molecule has 1 saturated heterocycles. The molecule has 2 aromatic carbocycles. The Labute approximate surface area is 174 Å². The van der Waals surface area contributed by atoms with E-state index in [4.69, 9.17) is 27.9 Å². The van der Waals surface area contributed by atoms with E-state index in [1.165, 1.54) is 22.5 Å². The number of amides is 1. The molecule has 28 heavy (non-hydrogen) atoms. The van der Waals surface area contributed by atoms with E-state index >= 15 is 0 Å². The Balaban J connectivity index is 1.63. The van der Waals surface area contributed by atoms with Crippen molar-refractivity contribution in [2.45, 2.75) is 17.7 Å². The Hall–Kier alpha value is -1.80. The number of sulfonamides is 1. The van der Waals surface area contributed by atoms with Crippen LogP contribution in [0.4, 0.5) is 0 Å². The summed E-state index contributed by atoms with van der Waals surface area (Å²) >= 11 is 12.1. The van der Waals surface area contributed by atoms with Gasteiger partial charge in [0.2, 0.25) is 10.0 Å². The summed E-state index contributed by atoms with van der Waals surface area (Å²) in [4.78, 5) is 12.3. The molecule has 9 heteroatoms. The first kappa shape index (κ1) is 20.9. The first-order valence-corrected chi connectivity index (χ1v) is 11.0. The van der Waals surface area contributed by atoms with Gasteiger partial charge in [0.25, 0.3) is 5.91 Å². The van der Waals surface area contributed by atoms with Gasteiger partial charge in [0.1, 0.15) is 17.3 Å². The lowest BCUT2D eigenvalue weighted by atomic mass is 10.2. The minimum Gasteiger partial charge on any atom is -0.490 e. The number of ether oxygens (including phenoxy) is 1. The highest BCUT2D eigenvalue weighted by Gasteiger charge is 2.29. The van der Waals surface area contributed by atoms with Crippen LogP contribution in [0, 0.1) is 0 Å². The van der Waals surface area contributed by atoms with Crippen molar-refractivity contribution in [3.8, 4) is 5.75 Å². The number of hydrogen-bond acceptors (Lipinski definition) is 4. The van der Waals surface area contributed by atoms with Gasteiger partial charge in [-0.05, 0) is 43.2 Å². The molecule has 0 aromatic heterocycles. The Bertz CT molecular complexity index is 960. The molecule has 1 aliphatic heterocycles. The smallest absolute Gasteiger partial charge is 0.251 e. The standard InChI is InChI=1S/C19H20Cl2N2O4S/c20-15-5-1-2-6-17(15)27-12-9-22-19(24)14-7-8-16(21)18(13-14)28(25,26)23-10-3-4-11-23/h1-2,5-8,13H,3-4,9-12H2,(H,22,24). The molecule has 1 amide bonds. The molecule has 0 saturated carbocycles. The van der Waals surface area contributed by atoms with Gasteiger partial charge in [-0.3, -0.25) is 4.79 Å². The Morgan fingerprint density at radius 3 is 2.50 bits per heavy atom. The summed E-state index contributed by atoms with van der Waals surface area (Å²) in [5.41, 5.74) is 0.222. The normalized spacial score (nSPS) is 14.8. The fraction of sp³-hybridized carbons (Fsp3) is 0.316. The molecule has 0 aliphatic carbocycles. The van der Waals surface area contributed by atoms with Gasteiger partial charge < -0.3 is 10.1 Å². The van der Waals surface area contributed by atoms with Crippen molar-refractivity contribution < 1.29 is 17.9 Å². The number of benzene rings is 2. The molecule has 1 aliphatic rings. The van der Waals surface area contributed by atoms with Crippen LogP contribution in [-0.2, 0) is 10.0 Å². The Morgan fingerprint density at radius 2 is 1.79 bits per heavy atom. The van der Waals surface area contributed by atoms with Gasteiger partial charge in [-0.15, -0.1) is 0 Å². The van der Waals surface area contributed by atoms with Crippen molar-refractivity contribution in [1.29, 1.82) is 0 Å². The number of carbonyl (C=O) groups excluding carboxylic acids is 1. The van der Waals surface area contributed by atoms with Crippen molar-refractivity contribution >= 4 is 39.1 Å². The van der Waals surface area contributed by atoms with Crippen molar-refractivity contribution in [1.82, 2.24) is 9.62 Å². The van der Waals surface area contributed by atoms with Crippen LogP contribution in [0.2, 0.25) is 10.0 Å². The zero-order valence-electron chi connectivity index (χ0n) is 15.0. The molecule has 150 valence electrons. The van der Waals surface area contributed by atoms with Crippen LogP contribution in [0.5, 0.6) is 5.75 Å². The lowest BCUT2D eigenvalue weighted by molar-refractivity contribution is 0.0947. The second-order valence-corrected chi connectivity index (χ2v) is 9.01. The maximum absolute atomic E-state index is 12.8. The third-order valence-corrected chi connectivity index (χ3v) is 7.05. The van der Waals surface area contributed by atoms with E-state index < -0.39 is 15.9 Å². The molecule has 0 atom stereocenters. The number of hydrogen-bond donors (Lipinski definition) is 1. The summed E-state index contributed by atoms with van der Waals surface area (Å²) in [6.07, 6.45) is 1.64. The molecule has 1 heterocycles. The summed E-state index contributed by atoms with van der Waals surface area (Å²) in [5.74, 6) is 0.126. The van der Waals surface area contributed by atoms with Crippen LogP contribution in [-0.4, -0.2) is 44.9 Å². The highest BCUT2D eigenvalue weighted by Crippen LogP contribution is 2.28. The Kier molecular flexibility index (Phi) is 6.82. The summed E-state index contributed by atoms with van der Waals surface area (Å²) < 4.78 is 32.4. The average Bonchev–Trinajstić information content (AvgIpc) is 3.22. The highest BCUT2D eigenvalue weighted by molar-refractivity contribution is 7.89. The molecule has 3 rings (SSSR count). The predicted octanol–water partition coefficient (Wildman–Crippen LogP) is 3.59. The molecular formula is C19H20Cl2N2O4S. The van der Waals surface area contributed by atoms with E-state index in [1.807, 2.05) is 0 Å². The summed E-state index contributed by atoms with van der Waals surface area (Å²) in [5, 5.41) is 3.29. The van der Waals surface area contributed by atoms with E-state index in [2.05, 4.69) is 5.32 Å². The topological polar surface area (TPSA) is 75.7 Å². The van der Waals surface area contributed by atoms with Gasteiger partial charge in [-0.2, -0.15) is 4.31 Å². The molecule has 6 nitrogen and oxygen atoms in total. The van der Waals surface area contributed by atoms with Crippen LogP contribution in [0.1, 0.15) is 23.2 Å². The first-order chi connectivity index (χ1) is 13.4. The predicted molar refractivity (Wildman–Crippen MR) is 109 cm³/mol. The monoisotopic (exact) mass is 442 g/mol. The fourth-order valence-electron chi connectivity index (χ4n) is 2.90. The SMILES string of the molecule is O=C(NCCOc1ccccc1Cl)c1ccc(Cl)c(S(=O)(=O)N2CCCC2)c1. The number of carbonyl (C=O) groups is 1. The fourth-order valence-corrected chi connectivity index (χ4v) is 5.11. The minimum absolute atomic E-state index is 0.0453. The van der Waals surface area contributed by atoms with E-state index in [9.17, 15) is 13.2 Å². The lowest BCUT2D eigenvalue weighted by Crippen LogP contribution is -2.30. The zero-order valence-corrected chi connectivity index (χ0v) is 17.4. The van der Waals surface area contributed by atoms with Crippen molar-refractivity contribution in [3.05, 3.63) is 58.1 Å². The molecule has 2 aromatic rings. The summed E-state index contributed by atoms with van der Waals surface area (Å²) in [7, 11) is -3.71. The number of para-hydroxylation sites is 1. The molecule has 0 bridgehead atoms. The van der Waals surface area contributed by atoms with Crippen molar-refractivity contribution in [3.63, 3.8) is 0 Å². The molecule has 0 radical (unpaired) electrons. The summed E-state index contributed by atoms with van der Waals surface area (Å²) in [6, 6.07) is 11.3. The van der Waals surface area contributed by atoms with Gasteiger partial charge in [-0.1, -0.05) is 35.3 Å². The van der Waals surface area contributed by atoms with Gasteiger partial charge in [0.05, 0.1) is 16.6 Å². The number of halogens is 2. The van der Waals surface area contributed by atoms with Crippen LogP contribution in [0.15, 0.2) is 47.4 Å². The van der Waals surface area contributed by atoms with Gasteiger partial charge in [0.15, 0.2) is 0 Å². The average molecular weight is 443 g/mol. The molecule has 1 fully saturated rings. The second-order valence-electron chi connectivity index (χ2n) is 6.29. The number of rotatable bonds is 7. The maximum atomic E-state index is 12.8. The number of nitrogens with zero attached hydrogens (tertiary/aromatic N) is 1. The van der Waals surface area contributed by atoms with E-state index in [1.54, 1.807) is 24.3 Å². The van der Waals surface area contributed by atoms with Crippen molar-refractivity contribution in [2.75, 3.05) is 26.2 Å². The second kappa shape index (κ2) is 9.13. The minimum atomic E-state index is -3.71. The summed E-state index contributed by atoms with van der Waals surface area (Å²) in [6.45, 7) is 1.39. The van der Waals surface area contributed by atoms with Crippen LogP contribution in [0.25, 0.3) is 0 Å². The maximum Gasteiger partial charge on any atom is 0.251 e. The molecule has 0 unspecified atom stereocenters. The lowest BCUT2D eigenvalue weighted by Gasteiger charge is -2.17. The van der Waals surface area contributed by atoms with E-state index in [0.29, 0.717) is 23.9 Å². The van der Waals surface area contributed by atoms with Gasteiger partial charge in [0, 0.05) is 18.7 Å². The van der Waals surface area contributed by atoms with Gasteiger partial charge >= 0.3 is 0 Å². The van der Waals surface area contributed by atoms with Crippen molar-refractivity contribution in [2.24, 2.45) is 0 Å². The highest BCUT2D eigenvalue weighted by atomic mass is 35.5. The van der Waals surface area contributed by atoms with Crippen LogP contribution in [0.3, 0.4) is 0 Å².